The van der Waals surface area contributed by atoms with Crippen molar-refractivity contribution in [2.24, 2.45) is 5.73 Å². The average Bonchev–Trinajstić information content (AvgIpc) is 2.72. The third-order valence-electron chi connectivity index (χ3n) is 2.66. The van der Waals surface area contributed by atoms with Gasteiger partial charge in [0.25, 0.3) is 0 Å². The van der Waals surface area contributed by atoms with Crippen LogP contribution < -0.4 is 5.73 Å². The number of hydrogen-bond donors (Lipinski definition) is 1. The summed E-state index contributed by atoms with van der Waals surface area (Å²) in [4.78, 5) is 9.76. The van der Waals surface area contributed by atoms with Crippen molar-refractivity contribution in [3.05, 3.63) is 34.0 Å². The number of aromatic nitrogens is 2. The van der Waals surface area contributed by atoms with E-state index in [1.807, 2.05) is 6.92 Å². The summed E-state index contributed by atoms with van der Waals surface area (Å²) in [6.45, 7) is 2.74. The zero-order valence-corrected chi connectivity index (χ0v) is 11.1. The molecule has 5 heteroatoms. The van der Waals surface area contributed by atoms with Crippen LogP contribution in [0.4, 0.5) is 4.39 Å². The van der Waals surface area contributed by atoms with Crippen molar-refractivity contribution in [1.82, 2.24) is 9.97 Å². The highest BCUT2D eigenvalue weighted by atomic mass is 32.1. The van der Waals surface area contributed by atoms with Gasteiger partial charge in [0.05, 0.1) is 16.9 Å². The molecule has 0 aliphatic rings. The molecular weight excluding hydrogens is 249 g/mol. The monoisotopic (exact) mass is 265 g/mol. The Balaban J connectivity index is 2.16. The van der Waals surface area contributed by atoms with Gasteiger partial charge in [-0.05, 0) is 44.9 Å². The number of thiazole rings is 1. The Hall–Kier alpha value is -1.33. The summed E-state index contributed by atoms with van der Waals surface area (Å²) < 4.78 is 12.8. The molecule has 2 aromatic rings. The van der Waals surface area contributed by atoms with Crippen LogP contribution in [0.1, 0.15) is 22.7 Å². The number of aryl methyl sites for hydroxylation is 2. The van der Waals surface area contributed by atoms with Crippen LogP contribution in [0.2, 0.25) is 0 Å². The van der Waals surface area contributed by atoms with E-state index in [1.165, 1.54) is 12.3 Å². The predicted octanol–water partition coefficient (Wildman–Crippen LogP) is 2.93. The fourth-order valence-corrected chi connectivity index (χ4v) is 2.72. The number of nitrogens with zero attached hydrogens (tertiary/aromatic N) is 2. The Bertz CT molecular complexity index is 507. The van der Waals surface area contributed by atoms with Crippen LogP contribution in [-0.4, -0.2) is 16.5 Å². The highest BCUT2D eigenvalue weighted by Gasteiger charge is 2.10. The minimum Gasteiger partial charge on any atom is -0.330 e. The van der Waals surface area contributed by atoms with Gasteiger partial charge in [0.15, 0.2) is 0 Å². The van der Waals surface area contributed by atoms with Gasteiger partial charge in [-0.1, -0.05) is 0 Å². The maximum absolute atomic E-state index is 12.8. The van der Waals surface area contributed by atoms with Crippen LogP contribution >= 0.6 is 11.3 Å². The molecule has 0 aromatic carbocycles. The molecule has 0 spiro atoms. The molecule has 0 unspecified atom stereocenters. The smallest absolute Gasteiger partial charge is 0.141 e. The number of nitrogens with two attached hydrogens (primary N) is 1. The van der Waals surface area contributed by atoms with Gasteiger partial charge in [0.2, 0.25) is 0 Å². The largest absolute Gasteiger partial charge is 0.330 e. The summed E-state index contributed by atoms with van der Waals surface area (Å²) in [5, 5.41) is 1.10. The van der Waals surface area contributed by atoms with Crippen LogP contribution in [0.5, 0.6) is 0 Å². The first kappa shape index (κ1) is 13.1. The van der Waals surface area contributed by atoms with E-state index < -0.39 is 0 Å². The van der Waals surface area contributed by atoms with Crippen molar-refractivity contribution in [2.75, 3.05) is 6.54 Å². The van der Waals surface area contributed by atoms with Gasteiger partial charge in [-0.25, -0.2) is 9.37 Å². The fraction of sp³-hybridized carbons (Fsp3) is 0.385. The van der Waals surface area contributed by atoms with Gasteiger partial charge in [0.1, 0.15) is 11.5 Å². The van der Waals surface area contributed by atoms with E-state index in [4.69, 9.17) is 5.73 Å². The summed E-state index contributed by atoms with van der Waals surface area (Å²) in [6.07, 6.45) is 4.24. The van der Waals surface area contributed by atoms with Crippen molar-refractivity contribution in [3.63, 3.8) is 0 Å². The zero-order chi connectivity index (χ0) is 13.0. The number of rotatable bonds is 5. The average molecular weight is 265 g/mol. The van der Waals surface area contributed by atoms with Crippen molar-refractivity contribution in [1.29, 1.82) is 0 Å². The Morgan fingerprint density at radius 3 is 2.83 bits per heavy atom. The van der Waals surface area contributed by atoms with E-state index in [1.54, 1.807) is 17.4 Å². The second-order valence-electron chi connectivity index (χ2n) is 4.12. The molecule has 0 aliphatic heterocycles. The number of pyridine rings is 1. The van der Waals surface area contributed by atoms with E-state index >= 15 is 0 Å². The van der Waals surface area contributed by atoms with E-state index in [0.29, 0.717) is 0 Å². The molecule has 2 N–H and O–H groups in total. The van der Waals surface area contributed by atoms with E-state index in [9.17, 15) is 4.39 Å². The molecule has 18 heavy (non-hydrogen) atoms. The maximum Gasteiger partial charge on any atom is 0.141 e. The SMILES string of the molecule is Cc1sc(CCCCN)nc1-c1ccc(F)cn1. The Labute approximate surface area is 110 Å². The second kappa shape index (κ2) is 6.02. The summed E-state index contributed by atoms with van der Waals surface area (Å²) >= 11 is 1.68. The van der Waals surface area contributed by atoms with Crippen molar-refractivity contribution in [2.45, 2.75) is 26.2 Å². The van der Waals surface area contributed by atoms with Crippen LogP contribution in [0.3, 0.4) is 0 Å². The highest BCUT2D eigenvalue weighted by Crippen LogP contribution is 2.26. The predicted molar refractivity (Wildman–Crippen MR) is 72.0 cm³/mol. The minimum atomic E-state index is -0.324. The maximum atomic E-state index is 12.8. The lowest BCUT2D eigenvalue weighted by Gasteiger charge is -1.97. The fourth-order valence-electron chi connectivity index (χ4n) is 1.73. The molecule has 96 valence electrons. The first-order valence-electron chi connectivity index (χ1n) is 5.99. The van der Waals surface area contributed by atoms with E-state index in [0.717, 1.165) is 47.1 Å². The normalized spacial score (nSPS) is 10.8. The van der Waals surface area contributed by atoms with Crippen LogP contribution in [0, 0.1) is 12.7 Å². The minimum absolute atomic E-state index is 0.324. The zero-order valence-electron chi connectivity index (χ0n) is 10.3. The van der Waals surface area contributed by atoms with E-state index in [2.05, 4.69) is 9.97 Å². The molecule has 2 aromatic heterocycles. The molecule has 3 nitrogen and oxygen atoms in total. The lowest BCUT2D eigenvalue weighted by Crippen LogP contribution is -1.98. The quantitative estimate of drug-likeness (QED) is 0.846. The second-order valence-corrected chi connectivity index (χ2v) is 5.41. The Morgan fingerprint density at radius 2 is 2.17 bits per heavy atom. The van der Waals surface area contributed by atoms with E-state index in [-0.39, 0.29) is 5.82 Å². The summed E-state index contributed by atoms with van der Waals surface area (Å²) in [6, 6.07) is 3.08. The van der Waals surface area contributed by atoms with Crippen molar-refractivity contribution < 1.29 is 4.39 Å². The number of halogens is 1. The molecule has 0 atom stereocenters. The summed E-state index contributed by atoms with van der Waals surface area (Å²) in [5.74, 6) is -0.324. The Kier molecular flexibility index (Phi) is 4.38. The molecule has 0 amide bonds. The molecule has 2 rings (SSSR count). The molecular formula is C13H16FN3S. The van der Waals surface area contributed by atoms with Gasteiger partial charge >= 0.3 is 0 Å². The van der Waals surface area contributed by atoms with Gasteiger partial charge in [-0.15, -0.1) is 11.3 Å². The summed E-state index contributed by atoms with van der Waals surface area (Å²) in [7, 11) is 0. The number of unbranched alkanes of at least 4 members (excludes halogenated alkanes) is 1. The van der Waals surface area contributed by atoms with Gasteiger partial charge < -0.3 is 5.73 Å². The van der Waals surface area contributed by atoms with Crippen molar-refractivity contribution >= 4 is 11.3 Å². The van der Waals surface area contributed by atoms with Crippen molar-refractivity contribution in [3.8, 4) is 11.4 Å². The van der Waals surface area contributed by atoms with Crippen LogP contribution in [0.25, 0.3) is 11.4 Å². The van der Waals surface area contributed by atoms with Gasteiger partial charge in [-0.2, -0.15) is 0 Å². The molecule has 0 aliphatic carbocycles. The molecule has 0 fully saturated rings. The van der Waals surface area contributed by atoms with Crippen LogP contribution in [0.15, 0.2) is 18.3 Å². The molecule has 2 heterocycles. The molecule has 0 radical (unpaired) electrons. The lowest BCUT2D eigenvalue weighted by molar-refractivity contribution is 0.622. The first-order chi connectivity index (χ1) is 8.70. The standard InChI is InChI=1S/C13H16FN3S/c1-9-13(11-6-5-10(14)8-16-11)17-12(18-9)4-2-3-7-15/h5-6,8H,2-4,7,15H2,1H3. The summed E-state index contributed by atoms with van der Waals surface area (Å²) in [5.41, 5.74) is 7.07. The topological polar surface area (TPSA) is 51.8 Å². The first-order valence-corrected chi connectivity index (χ1v) is 6.80. The Morgan fingerprint density at radius 1 is 1.33 bits per heavy atom. The molecule has 0 saturated carbocycles. The highest BCUT2D eigenvalue weighted by molar-refractivity contribution is 7.12. The van der Waals surface area contributed by atoms with Gasteiger partial charge in [0, 0.05) is 4.88 Å². The third kappa shape index (κ3) is 3.11. The lowest BCUT2D eigenvalue weighted by atomic mass is 10.2. The number of hydrogen-bond acceptors (Lipinski definition) is 4. The molecule has 0 bridgehead atoms. The van der Waals surface area contributed by atoms with Crippen LogP contribution in [-0.2, 0) is 6.42 Å². The van der Waals surface area contributed by atoms with Gasteiger partial charge in [-0.3, -0.25) is 4.98 Å². The molecule has 0 saturated heterocycles. The third-order valence-corrected chi connectivity index (χ3v) is 3.69.